The fraction of sp³-hybridized carbons (Fsp3) is 0.0145. The molecular formula is C69H43N. The second kappa shape index (κ2) is 15.0. The predicted molar refractivity (Wildman–Crippen MR) is 298 cm³/mol. The summed E-state index contributed by atoms with van der Waals surface area (Å²) in [5, 5.41) is 17.7. The van der Waals surface area contributed by atoms with Crippen LogP contribution < -0.4 is 4.90 Å². The molecule has 0 aromatic heterocycles. The summed E-state index contributed by atoms with van der Waals surface area (Å²) in [6.07, 6.45) is 0. The molecule has 0 aliphatic heterocycles. The van der Waals surface area contributed by atoms with E-state index in [0.717, 1.165) is 17.1 Å². The highest BCUT2D eigenvalue weighted by molar-refractivity contribution is 6.38. The number of hydrogen-bond donors (Lipinski definition) is 0. The third-order valence-electron chi connectivity index (χ3n) is 15.6. The van der Waals surface area contributed by atoms with E-state index < -0.39 is 5.41 Å². The summed E-state index contributed by atoms with van der Waals surface area (Å²) < 4.78 is 0. The molecular weight excluding hydrogens is 843 g/mol. The van der Waals surface area contributed by atoms with E-state index in [-0.39, 0.29) is 0 Å². The van der Waals surface area contributed by atoms with Gasteiger partial charge in [0.15, 0.2) is 0 Å². The number of rotatable bonds is 6. The van der Waals surface area contributed by atoms with Gasteiger partial charge in [-0.05, 0) is 146 Å². The molecule has 1 aliphatic rings. The molecule has 0 spiro atoms. The van der Waals surface area contributed by atoms with Gasteiger partial charge in [-0.3, -0.25) is 0 Å². The number of hydrogen-bond acceptors (Lipinski definition) is 1. The first-order valence-corrected chi connectivity index (χ1v) is 24.4. The van der Waals surface area contributed by atoms with Gasteiger partial charge in [0.1, 0.15) is 0 Å². The second-order valence-electron chi connectivity index (χ2n) is 19.1. The molecule has 0 radical (unpaired) electrons. The van der Waals surface area contributed by atoms with Crippen molar-refractivity contribution in [2.24, 2.45) is 0 Å². The maximum absolute atomic E-state index is 2.54. The van der Waals surface area contributed by atoms with Gasteiger partial charge >= 0.3 is 0 Å². The normalized spacial score (nSPS) is 13.0. The highest BCUT2D eigenvalue weighted by Gasteiger charge is 2.46. The summed E-state index contributed by atoms with van der Waals surface area (Å²) in [4.78, 5) is 2.54. The summed E-state index contributed by atoms with van der Waals surface area (Å²) >= 11 is 0. The van der Waals surface area contributed by atoms with Crippen LogP contribution in [0, 0.1) is 0 Å². The Labute approximate surface area is 406 Å². The van der Waals surface area contributed by atoms with E-state index in [1.54, 1.807) is 0 Å². The maximum atomic E-state index is 2.54. The standard InChI is InChI=1S/C69H43N/c1-3-20-51(21-4-1)69(52-22-5-2-6-23-52)62-30-10-9-24-55(62)56-40-39-54(43-63(56)69)70(53-37-35-45(36-38-53)49-34-31-44-15-7-8-16-48(44)41-49)64-42-50-19-13-27-58-57-25-11-17-46-32-33-47-18-12-26-59(66(47)65(46)57)60-28-14-29-61(64)68(60)67(50)58/h1-43H. The average Bonchev–Trinajstić information content (AvgIpc) is 3.73. The smallest absolute Gasteiger partial charge is 0.0714 e. The summed E-state index contributed by atoms with van der Waals surface area (Å²) in [5.74, 6) is 0. The van der Waals surface area contributed by atoms with Crippen LogP contribution in [0.3, 0.4) is 0 Å². The Morgan fingerprint density at radius 2 is 0.743 bits per heavy atom. The van der Waals surface area contributed by atoms with Crippen LogP contribution in [0.2, 0.25) is 0 Å². The predicted octanol–water partition coefficient (Wildman–Crippen LogP) is 18.7. The van der Waals surface area contributed by atoms with Gasteiger partial charge in [0.25, 0.3) is 0 Å². The lowest BCUT2D eigenvalue weighted by molar-refractivity contribution is 0.768. The first-order valence-electron chi connectivity index (χ1n) is 24.4. The van der Waals surface area contributed by atoms with Crippen molar-refractivity contribution in [3.05, 3.63) is 283 Å². The van der Waals surface area contributed by atoms with Crippen molar-refractivity contribution in [2.45, 2.75) is 5.41 Å². The summed E-state index contributed by atoms with van der Waals surface area (Å²) in [6.45, 7) is 0. The van der Waals surface area contributed by atoms with Gasteiger partial charge in [-0.1, -0.05) is 224 Å². The van der Waals surface area contributed by atoms with Crippen LogP contribution >= 0.6 is 0 Å². The molecule has 0 saturated heterocycles. The van der Waals surface area contributed by atoms with E-state index in [1.165, 1.54) is 120 Å². The van der Waals surface area contributed by atoms with Crippen LogP contribution in [0.1, 0.15) is 22.3 Å². The van der Waals surface area contributed by atoms with Crippen LogP contribution in [-0.2, 0) is 5.41 Å². The van der Waals surface area contributed by atoms with Crippen molar-refractivity contribution in [3.63, 3.8) is 0 Å². The van der Waals surface area contributed by atoms with Gasteiger partial charge in [-0.25, -0.2) is 0 Å². The van der Waals surface area contributed by atoms with Crippen molar-refractivity contribution in [2.75, 3.05) is 4.90 Å². The first kappa shape index (κ1) is 39.0. The monoisotopic (exact) mass is 885 g/mol. The molecule has 0 fully saturated rings. The largest absolute Gasteiger partial charge is 0.310 e. The van der Waals surface area contributed by atoms with E-state index in [9.17, 15) is 0 Å². The molecule has 0 bridgehead atoms. The quantitative estimate of drug-likeness (QED) is 0.150. The fourth-order valence-corrected chi connectivity index (χ4v) is 12.6. The zero-order valence-electron chi connectivity index (χ0n) is 38.3. The molecule has 0 saturated carbocycles. The number of fused-ring (bicyclic) bond motifs is 6. The van der Waals surface area contributed by atoms with Crippen LogP contribution in [0.4, 0.5) is 17.1 Å². The minimum Gasteiger partial charge on any atom is -0.310 e. The minimum absolute atomic E-state index is 0.548. The van der Waals surface area contributed by atoms with Crippen LogP contribution in [0.5, 0.6) is 0 Å². The second-order valence-corrected chi connectivity index (χ2v) is 19.1. The Hall–Kier alpha value is -9.04. The van der Waals surface area contributed by atoms with E-state index in [0.29, 0.717) is 0 Å². The van der Waals surface area contributed by atoms with E-state index >= 15 is 0 Å². The molecule has 1 aliphatic carbocycles. The lowest BCUT2D eigenvalue weighted by Gasteiger charge is -2.35. The molecule has 0 atom stereocenters. The molecule has 1 nitrogen and oxygen atoms in total. The van der Waals surface area contributed by atoms with Crippen molar-refractivity contribution in [3.8, 4) is 22.3 Å². The summed E-state index contributed by atoms with van der Waals surface area (Å²) in [5.41, 5.74) is 12.8. The topological polar surface area (TPSA) is 3.24 Å². The summed E-state index contributed by atoms with van der Waals surface area (Å²) in [6, 6.07) is 97.9. The third kappa shape index (κ3) is 5.49. The molecule has 14 aromatic rings. The zero-order valence-corrected chi connectivity index (χ0v) is 38.3. The van der Waals surface area contributed by atoms with Gasteiger partial charge in [-0.15, -0.1) is 0 Å². The Kier molecular flexibility index (Phi) is 8.35. The van der Waals surface area contributed by atoms with Crippen molar-refractivity contribution in [1.82, 2.24) is 0 Å². The van der Waals surface area contributed by atoms with Crippen molar-refractivity contribution >= 4 is 92.5 Å². The highest BCUT2D eigenvalue weighted by Crippen LogP contribution is 2.58. The molecule has 70 heavy (non-hydrogen) atoms. The van der Waals surface area contributed by atoms with Crippen LogP contribution in [-0.4, -0.2) is 0 Å². The van der Waals surface area contributed by atoms with Gasteiger partial charge in [0.05, 0.1) is 11.1 Å². The highest BCUT2D eigenvalue weighted by atomic mass is 15.1. The fourth-order valence-electron chi connectivity index (χ4n) is 12.6. The number of benzene rings is 13. The molecule has 0 heterocycles. The van der Waals surface area contributed by atoms with Crippen LogP contribution in [0.25, 0.3) is 97.7 Å². The molecule has 0 unspecified atom stereocenters. The number of nitrogens with zero attached hydrogens (tertiary/aromatic N) is 1. The van der Waals surface area contributed by atoms with E-state index in [2.05, 4.69) is 266 Å². The minimum atomic E-state index is -0.548. The van der Waals surface area contributed by atoms with Crippen molar-refractivity contribution < 1.29 is 0 Å². The number of anilines is 3. The Morgan fingerprint density at radius 3 is 1.43 bits per heavy atom. The SMILES string of the molecule is c1ccc(C2(c3ccccc3)c3ccccc3-c3ccc(N(c4ccc(-c5ccc6ccccc6c5)cc4)c4cc5cccc6c7cccc8ccc9cccc(c%10cccc4c%10c56)c9c87)cc32)cc1. The summed E-state index contributed by atoms with van der Waals surface area (Å²) in [7, 11) is 0. The maximum Gasteiger partial charge on any atom is 0.0714 e. The van der Waals surface area contributed by atoms with Crippen LogP contribution in [0.15, 0.2) is 261 Å². The van der Waals surface area contributed by atoms with E-state index in [4.69, 9.17) is 0 Å². The molecule has 0 N–H and O–H groups in total. The lowest BCUT2D eigenvalue weighted by Crippen LogP contribution is -2.28. The van der Waals surface area contributed by atoms with Gasteiger partial charge < -0.3 is 4.90 Å². The zero-order chi connectivity index (χ0) is 45.9. The lowest BCUT2D eigenvalue weighted by atomic mass is 9.67. The average molecular weight is 886 g/mol. The van der Waals surface area contributed by atoms with Gasteiger partial charge in [0.2, 0.25) is 0 Å². The van der Waals surface area contributed by atoms with E-state index in [1.807, 2.05) is 0 Å². The first-order chi connectivity index (χ1) is 34.7. The Bertz CT molecular complexity index is 4360. The van der Waals surface area contributed by atoms with Crippen molar-refractivity contribution in [1.29, 1.82) is 0 Å². The molecule has 0 amide bonds. The molecule has 15 rings (SSSR count). The molecule has 1 heteroatoms. The Balaban J connectivity index is 1.05. The van der Waals surface area contributed by atoms with Gasteiger partial charge in [-0.2, -0.15) is 0 Å². The van der Waals surface area contributed by atoms with Gasteiger partial charge in [0, 0.05) is 22.1 Å². The molecule has 324 valence electrons. The Morgan fingerprint density at radius 1 is 0.257 bits per heavy atom. The molecule has 14 aromatic carbocycles. The third-order valence-corrected chi connectivity index (χ3v) is 15.6.